The quantitative estimate of drug-likeness (QED) is 0.161. The molecule has 2 aliphatic rings. The molecule has 2 atom stereocenters. The van der Waals surface area contributed by atoms with Gasteiger partial charge in [-0.05, 0) is 44.4 Å². The fourth-order valence-corrected chi connectivity index (χ4v) is 5.53. The van der Waals surface area contributed by atoms with Crippen LogP contribution < -0.4 is 21.3 Å². The first-order valence-electron chi connectivity index (χ1n) is 14.4. The Kier molecular flexibility index (Phi) is 9.04. The lowest BCUT2D eigenvalue weighted by Gasteiger charge is -2.33. The third kappa shape index (κ3) is 7.09. The normalized spacial score (nSPS) is 18.6. The maximum absolute atomic E-state index is 12.6. The van der Waals surface area contributed by atoms with Crippen LogP contribution in [-0.4, -0.2) is 95.9 Å². The van der Waals surface area contributed by atoms with Gasteiger partial charge in [0.05, 0.1) is 40.4 Å². The molecule has 0 unspecified atom stereocenters. The zero-order chi connectivity index (χ0) is 29.4. The molecule has 14 nitrogen and oxygen atoms in total. The van der Waals surface area contributed by atoms with E-state index in [0.717, 1.165) is 66.2 Å². The molecule has 2 fully saturated rings. The number of para-hydroxylation sites is 1. The summed E-state index contributed by atoms with van der Waals surface area (Å²) in [5, 5.41) is 29.4. The second kappa shape index (κ2) is 13.6. The van der Waals surface area contributed by atoms with Gasteiger partial charge in [-0.25, -0.2) is 19.9 Å². The highest BCUT2D eigenvalue weighted by molar-refractivity contribution is 6.33. The fraction of sp³-hybridized carbons (Fsp3) is 0.393. The molecule has 0 aliphatic carbocycles. The Hall–Kier alpha value is -4.56. The van der Waals surface area contributed by atoms with Crippen molar-refractivity contribution in [3.8, 4) is 0 Å². The van der Waals surface area contributed by atoms with Crippen LogP contribution in [0.25, 0.3) is 22.1 Å². The highest BCUT2D eigenvalue weighted by Gasteiger charge is 2.24. The Morgan fingerprint density at radius 3 is 2.26 bits per heavy atom. The molecule has 224 valence electrons. The summed E-state index contributed by atoms with van der Waals surface area (Å²) in [6.45, 7) is 3.71. The minimum atomic E-state index is 0.0533. The first-order chi connectivity index (χ1) is 21.1. The number of anilines is 3. The van der Waals surface area contributed by atoms with Crippen molar-refractivity contribution in [3.05, 3.63) is 54.3 Å². The lowest BCUT2D eigenvalue weighted by Crippen LogP contribution is -2.47. The molecule has 4 aromatic heterocycles. The van der Waals surface area contributed by atoms with E-state index in [0.29, 0.717) is 23.3 Å². The Bertz CT molecular complexity index is 1650. The third-order valence-corrected chi connectivity index (χ3v) is 7.88. The summed E-state index contributed by atoms with van der Waals surface area (Å²) in [4.78, 5) is 31.3. The first kappa shape index (κ1) is 28.6. The van der Waals surface area contributed by atoms with Gasteiger partial charge < -0.3 is 26.2 Å². The smallest absolute Gasteiger partial charge is 0.241 e. The van der Waals surface area contributed by atoms with E-state index in [9.17, 15) is 4.79 Å². The van der Waals surface area contributed by atoms with E-state index >= 15 is 0 Å². The van der Waals surface area contributed by atoms with Gasteiger partial charge in [-0.2, -0.15) is 10.2 Å². The van der Waals surface area contributed by atoms with E-state index in [1.54, 1.807) is 24.8 Å². The van der Waals surface area contributed by atoms with Crippen LogP contribution in [0.1, 0.15) is 25.7 Å². The molecule has 7 rings (SSSR count). The number of aromatic nitrogens is 8. The number of piperidine rings is 2. The average molecular weight is 604 g/mol. The van der Waals surface area contributed by atoms with Crippen molar-refractivity contribution in [1.29, 1.82) is 0 Å². The molecule has 2 saturated heterocycles. The number of nitrogens with zero attached hydrogens (tertiary/aromatic N) is 7. The molecule has 5 aromatic rings. The summed E-state index contributed by atoms with van der Waals surface area (Å²) in [7, 11) is 0. The van der Waals surface area contributed by atoms with Gasteiger partial charge in [0.25, 0.3) is 0 Å². The van der Waals surface area contributed by atoms with E-state index in [2.05, 4.69) is 61.6 Å². The van der Waals surface area contributed by atoms with Crippen LogP contribution in [0.15, 0.2) is 49.3 Å². The van der Waals surface area contributed by atoms with Crippen molar-refractivity contribution in [2.75, 3.05) is 48.7 Å². The highest BCUT2D eigenvalue weighted by Crippen LogP contribution is 2.22. The third-order valence-electron chi connectivity index (χ3n) is 7.55. The Morgan fingerprint density at radius 2 is 1.58 bits per heavy atom. The number of hydrogen-bond acceptors (Lipinski definition) is 11. The van der Waals surface area contributed by atoms with Gasteiger partial charge in [0.15, 0.2) is 11.3 Å². The summed E-state index contributed by atoms with van der Waals surface area (Å²) in [5.74, 6) is 1.66. The Labute approximate surface area is 252 Å². The predicted molar refractivity (Wildman–Crippen MR) is 166 cm³/mol. The number of benzene rings is 1. The number of fused-ring (bicyclic) bond motifs is 2. The van der Waals surface area contributed by atoms with Crippen LogP contribution in [0, 0.1) is 0 Å². The molecule has 1 aromatic carbocycles. The molecule has 0 saturated carbocycles. The molecule has 1 amide bonds. The standard InChI is InChI=1S/C18H20ClN7O.C10H14N6/c19-14-5-1-2-6-15(14)20-9-16(27)26-7-3-4-12(10-26)24-17-13-8-23-25-18(13)22-11-21-17;1-2-7(4-11-3-1)15-9-8-5-14-16-10(8)13-6-12-9/h1-2,5-6,8,11-12,20H,3-4,7,9-10H2,(H2,21,22,23,24,25);5-7,11H,1-4H2,(H2,12,13,14,15,16)/t12-;7-/m00/s1. The molecule has 0 bridgehead atoms. The monoisotopic (exact) mass is 603 g/mol. The number of carbonyl (C=O) groups excluding carboxylic acids is 1. The lowest BCUT2D eigenvalue weighted by atomic mass is 10.1. The van der Waals surface area contributed by atoms with Gasteiger partial charge in [0.1, 0.15) is 24.3 Å². The van der Waals surface area contributed by atoms with Crippen molar-refractivity contribution in [2.24, 2.45) is 0 Å². The van der Waals surface area contributed by atoms with E-state index in [1.165, 1.54) is 19.2 Å². The molecule has 6 heterocycles. The van der Waals surface area contributed by atoms with E-state index in [1.807, 2.05) is 23.1 Å². The number of halogens is 1. The number of hydrogen-bond donors (Lipinski definition) is 6. The Balaban J connectivity index is 0.000000174. The van der Waals surface area contributed by atoms with Gasteiger partial charge in [0, 0.05) is 31.7 Å². The van der Waals surface area contributed by atoms with Crippen molar-refractivity contribution in [2.45, 2.75) is 37.8 Å². The largest absolute Gasteiger partial charge is 0.375 e. The second-order valence-corrected chi connectivity index (χ2v) is 11.0. The van der Waals surface area contributed by atoms with Crippen LogP contribution in [0.4, 0.5) is 17.3 Å². The number of H-pyrrole nitrogens is 2. The molecule has 15 heteroatoms. The molecule has 2 aliphatic heterocycles. The molecular weight excluding hydrogens is 570 g/mol. The molecule has 43 heavy (non-hydrogen) atoms. The first-order valence-corrected chi connectivity index (χ1v) is 14.8. The second-order valence-electron chi connectivity index (χ2n) is 10.6. The van der Waals surface area contributed by atoms with Crippen LogP contribution in [0.3, 0.4) is 0 Å². The van der Waals surface area contributed by atoms with Crippen LogP contribution >= 0.6 is 11.6 Å². The maximum atomic E-state index is 12.6. The summed E-state index contributed by atoms with van der Waals surface area (Å²) >= 11 is 6.13. The fourth-order valence-electron chi connectivity index (χ4n) is 5.33. The number of carbonyl (C=O) groups is 1. The number of aromatic amines is 2. The summed E-state index contributed by atoms with van der Waals surface area (Å²) < 4.78 is 0. The van der Waals surface area contributed by atoms with Gasteiger partial charge in [-0.3, -0.25) is 15.0 Å². The van der Waals surface area contributed by atoms with Crippen LogP contribution in [-0.2, 0) is 4.79 Å². The number of amides is 1. The van der Waals surface area contributed by atoms with Crippen molar-refractivity contribution in [3.63, 3.8) is 0 Å². The van der Waals surface area contributed by atoms with Crippen LogP contribution in [0.5, 0.6) is 0 Å². The van der Waals surface area contributed by atoms with Gasteiger partial charge in [-0.15, -0.1) is 0 Å². The van der Waals surface area contributed by atoms with Gasteiger partial charge in [-0.1, -0.05) is 23.7 Å². The van der Waals surface area contributed by atoms with Crippen LogP contribution in [0.2, 0.25) is 5.02 Å². The summed E-state index contributed by atoms with van der Waals surface area (Å²) in [6, 6.07) is 7.99. The molecule has 0 radical (unpaired) electrons. The summed E-state index contributed by atoms with van der Waals surface area (Å²) in [6.07, 6.45) is 10.8. The topological polar surface area (TPSA) is 177 Å². The van der Waals surface area contributed by atoms with Gasteiger partial charge >= 0.3 is 0 Å². The number of rotatable bonds is 7. The minimum Gasteiger partial charge on any atom is -0.375 e. The number of likely N-dealkylation sites (tertiary alicyclic amines) is 1. The predicted octanol–water partition coefficient (Wildman–Crippen LogP) is 3.04. The van der Waals surface area contributed by atoms with Crippen molar-refractivity contribution >= 4 is 56.9 Å². The van der Waals surface area contributed by atoms with E-state index in [4.69, 9.17) is 11.6 Å². The zero-order valence-corrected chi connectivity index (χ0v) is 24.3. The maximum Gasteiger partial charge on any atom is 0.241 e. The molecular formula is C28H34ClN13O. The Morgan fingerprint density at radius 1 is 0.907 bits per heavy atom. The molecule has 0 spiro atoms. The highest BCUT2D eigenvalue weighted by atomic mass is 35.5. The zero-order valence-electron chi connectivity index (χ0n) is 23.6. The van der Waals surface area contributed by atoms with Gasteiger partial charge in [0.2, 0.25) is 5.91 Å². The lowest BCUT2D eigenvalue weighted by molar-refractivity contribution is -0.130. The van der Waals surface area contributed by atoms with Crippen molar-refractivity contribution in [1.82, 2.24) is 50.5 Å². The van der Waals surface area contributed by atoms with Crippen molar-refractivity contribution < 1.29 is 4.79 Å². The molecule has 6 N–H and O–H groups in total. The van der Waals surface area contributed by atoms with E-state index < -0.39 is 0 Å². The van der Waals surface area contributed by atoms with E-state index in [-0.39, 0.29) is 18.5 Å². The minimum absolute atomic E-state index is 0.0533. The SMILES string of the molecule is O=C(CNc1ccccc1Cl)N1CCC[C@H](Nc2ncnc3[nH]ncc23)C1.c1nc(N[C@H]2CCCNC2)c2cn[nH]c2n1. The summed E-state index contributed by atoms with van der Waals surface area (Å²) in [5.41, 5.74) is 2.24. The number of nitrogens with one attached hydrogen (secondary N) is 6. The average Bonchev–Trinajstić information content (AvgIpc) is 3.73.